The molecule has 2 rings (SSSR count). The minimum Gasteiger partial charge on any atom is -0.493 e. The molecule has 0 saturated carbocycles. The molecule has 8 nitrogen and oxygen atoms in total. The van der Waals surface area contributed by atoms with Crippen LogP contribution in [0.3, 0.4) is 0 Å². The molecule has 1 aromatic carbocycles. The standard InChI is InChI=1S/C14H17N5O3/c1-19(2)14-17-12(16-13(15)18-14)8-22-10-5-4-9(7-20)6-11(10)21-3/h4-7H,8H2,1-3H3,(H2,15,16,17,18). The first-order valence-electron chi connectivity index (χ1n) is 6.47. The summed E-state index contributed by atoms with van der Waals surface area (Å²) in [4.78, 5) is 24.8. The van der Waals surface area contributed by atoms with E-state index in [0.717, 1.165) is 6.29 Å². The summed E-state index contributed by atoms with van der Waals surface area (Å²) in [5, 5.41) is 0. The fourth-order valence-corrected chi connectivity index (χ4v) is 1.71. The van der Waals surface area contributed by atoms with Crippen LogP contribution in [0.1, 0.15) is 16.2 Å². The Morgan fingerprint density at radius 2 is 2.00 bits per heavy atom. The summed E-state index contributed by atoms with van der Waals surface area (Å²) in [5.41, 5.74) is 6.16. The lowest BCUT2D eigenvalue weighted by atomic mass is 10.2. The van der Waals surface area contributed by atoms with E-state index < -0.39 is 0 Å². The Balaban J connectivity index is 2.18. The van der Waals surface area contributed by atoms with Gasteiger partial charge in [0, 0.05) is 19.7 Å². The lowest BCUT2D eigenvalue weighted by Crippen LogP contribution is -2.17. The van der Waals surface area contributed by atoms with Crippen LogP contribution in [-0.2, 0) is 6.61 Å². The third-order valence-corrected chi connectivity index (χ3v) is 2.77. The average Bonchev–Trinajstić information content (AvgIpc) is 2.52. The maximum atomic E-state index is 10.8. The van der Waals surface area contributed by atoms with Crippen LogP contribution in [0.25, 0.3) is 0 Å². The first-order chi connectivity index (χ1) is 10.5. The highest BCUT2D eigenvalue weighted by Gasteiger charge is 2.10. The lowest BCUT2D eigenvalue weighted by molar-refractivity contribution is 0.112. The summed E-state index contributed by atoms with van der Waals surface area (Å²) >= 11 is 0. The SMILES string of the molecule is COc1cc(C=O)ccc1OCc1nc(N)nc(N(C)C)n1. The van der Waals surface area contributed by atoms with Crippen molar-refractivity contribution in [3.05, 3.63) is 29.6 Å². The smallest absolute Gasteiger partial charge is 0.230 e. The molecule has 2 aromatic rings. The van der Waals surface area contributed by atoms with Crippen molar-refractivity contribution in [1.29, 1.82) is 0 Å². The molecule has 1 heterocycles. The molecule has 0 aliphatic carbocycles. The van der Waals surface area contributed by atoms with E-state index in [1.165, 1.54) is 7.11 Å². The molecular weight excluding hydrogens is 286 g/mol. The van der Waals surface area contributed by atoms with Crippen molar-refractivity contribution in [2.24, 2.45) is 0 Å². The number of ether oxygens (including phenoxy) is 2. The van der Waals surface area contributed by atoms with E-state index in [1.807, 2.05) is 0 Å². The van der Waals surface area contributed by atoms with Crippen LogP contribution in [-0.4, -0.2) is 42.4 Å². The number of methoxy groups -OCH3 is 1. The molecule has 0 unspecified atom stereocenters. The Morgan fingerprint density at radius 1 is 1.23 bits per heavy atom. The summed E-state index contributed by atoms with van der Waals surface area (Å²) in [6.45, 7) is 0.102. The van der Waals surface area contributed by atoms with E-state index in [-0.39, 0.29) is 12.6 Å². The maximum Gasteiger partial charge on any atom is 0.230 e. The number of rotatable bonds is 6. The van der Waals surface area contributed by atoms with Crippen molar-refractivity contribution in [1.82, 2.24) is 15.0 Å². The number of hydrogen-bond acceptors (Lipinski definition) is 8. The van der Waals surface area contributed by atoms with Gasteiger partial charge in [-0.1, -0.05) is 0 Å². The van der Waals surface area contributed by atoms with Crippen LogP contribution in [0.4, 0.5) is 11.9 Å². The molecular formula is C14H17N5O3. The lowest BCUT2D eigenvalue weighted by Gasteiger charge is -2.13. The number of aromatic nitrogens is 3. The van der Waals surface area contributed by atoms with Gasteiger partial charge in [-0.05, 0) is 18.2 Å². The van der Waals surface area contributed by atoms with Crippen LogP contribution in [0, 0.1) is 0 Å². The second-order valence-corrected chi connectivity index (χ2v) is 4.62. The summed E-state index contributed by atoms with van der Waals surface area (Å²) in [5.74, 6) is 1.92. The number of nitrogen functional groups attached to an aromatic ring is 1. The second kappa shape index (κ2) is 6.70. The predicted molar refractivity (Wildman–Crippen MR) is 81.3 cm³/mol. The monoisotopic (exact) mass is 303 g/mol. The molecule has 0 aliphatic heterocycles. The zero-order valence-electron chi connectivity index (χ0n) is 12.6. The molecule has 1 aromatic heterocycles. The summed E-state index contributed by atoms with van der Waals surface area (Å²) in [7, 11) is 5.11. The van der Waals surface area contributed by atoms with Crippen LogP contribution >= 0.6 is 0 Å². The van der Waals surface area contributed by atoms with Crippen molar-refractivity contribution in [3.8, 4) is 11.5 Å². The number of carbonyl (C=O) groups excluding carboxylic acids is 1. The van der Waals surface area contributed by atoms with Crippen molar-refractivity contribution < 1.29 is 14.3 Å². The quantitative estimate of drug-likeness (QED) is 0.786. The van der Waals surface area contributed by atoms with Crippen molar-refractivity contribution in [3.63, 3.8) is 0 Å². The van der Waals surface area contributed by atoms with Crippen molar-refractivity contribution >= 4 is 18.2 Å². The van der Waals surface area contributed by atoms with Gasteiger partial charge in [0.2, 0.25) is 11.9 Å². The summed E-state index contributed by atoms with van der Waals surface area (Å²) < 4.78 is 10.8. The van der Waals surface area contributed by atoms with Gasteiger partial charge in [-0.2, -0.15) is 15.0 Å². The molecule has 0 bridgehead atoms. The zero-order valence-corrected chi connectivity index (χ0v) is 12.6. The van der Waals surface area contributed by atoms with E-state index >= 15 is 0 Å². The van der Waals surface area contributed by atoms with Gasteiger partial charge in [-0.3, -0.25) is 4.79 Å². The molecule has 8 heteroatoms. The molecule has 0 fully saturated rings. The summed E-state index contributed by atoms with van der Waals surface area (Å²) in [6, 6.07) is 4.88. The zero-order chi connectivity index (χ0) is 16.1. The minimum atomic E-state index is 0.102. The van der Waals surface area contributed by atoms with E-state index in [4.69, 9.17) is 15.2 Å². The molecule has 116 valence electrons. The molecule has 2 N–H and O–H groups in total. The Morgan fingerprint density at radius 3 is 2.64 bits per heavy atom. The van der Waals surface area contributed by atoms with E-state index in [1.54, 1.807) is 37.2 Å². The minimum absolute atomic E-state index is 0.102. The second-order valence-electron chi connectivity index (χ2n) is 4.62. The Hall–Kier alpha value is -2.90. The third kappa shape index (κ3) is 3.60. The van der Waals surface area contributed by atoms with Crippen LogP contribution in [0.15, 0.2) is 18.2 Å². The first kappa shape index (κ1) is 15.5. The Kier molecular flexibility index (Phi) is 4.72. The maximum absolute atomic E-state index is 10.8. The number of anilines is 2. The number of aldehydes is 1. The normalized spacial score (nSPS) is 10.1. The number of nitrogens with zero attached hydrogens (tertiary/aromatic N) is 4. The molecule has 0 atom stereocenters. The molecule has 0 spiro atoms. The van der Waals surface area contributed by atoms with Gasteiger partial charge in [0.1, 0.15) is 12.9 Å². The first-order valence-corrected chi connectivity index (χ1v) is 6.47. The van der Waals surface area contributed by atoms with E-state index in [0.29, 0.717) is 28.8 Å². The average molecular weight is 303 g/mol. The van der Waals surface area contributed by atoms with E-state index in [9.17, 15) is 4.79 Å². The largest absolute Gasteiger partial charge is 0.493 e. The van der Waals surface area contributed by atoms with Crippen LogP contribution < -0.4 is 20.1 Å². The third-order valence-electron chi connectivity index (χ3n) is 2.77. The molecule has 0 amide bonds. The highest BCUT2D eigenvalue weighted by Crippen LogP contribution is 2.28. The van der Waals surface area contributed by atoms with Gasteiger partial charge in [0.25, 0.3) is 0 Å². The molecule has 0 radical (unpaired) electrons. The van der Waals surface area contributed by atoms with Gasteiger partial charge in [-0.15, -0.1) is 0 Å². The number of carbonyl (C=O) groups is 1. The molecule has 22 heavy (non-hydrogen) atoms. The fourth-order valence-electron chi connectivity index (χ4n) is 1.71. The molecule has 0 aliphatic rings. The van der Waals surface area contributed by atoms with Crippen molar-refractivity contribution in [2.75, 3.05) is 31.8 Å². The highest BCUT2D eigenvalue weighted by molar-refractivity contribution is 5.76. The Labute approximate surface area is 127 Å². The van der Waals surface area contributed by atoms with Gasteiger partial charge in [-0.25, -0.2) is 0 Å². The topological polar surface area (TPSA) is 103 Å². The predicted octanol–water partition coefficient (Wildman–Crippen LogP) is 0.920. The van der Waals surface area contributed by atoms with Crippen LogP contribution in [0.2, 0.25) is 0 Å². The van der Waals surface area contributed by atoms with Crippen molar-refractivity contribution in [2.45, 2.75) is 6.61 Å². The number of hydrogen-bond donors (Lipinski definition) is 1. The van der Waals surface area contributed by atoms with Crippen LogP contribution in [0.5, 0.6) is 11.5 Å². The molecule has 0 saturated heterocycles. The van der Waals surface area contributed by atoms with Gasteiger partial charge < -0.3 is 20.1 Å². The number of benzene rings is 1. The number of nitrogens with two attached hydrogens (primary N) is 1. The highest BCUT2D eigenvalue weighted by atomic mass is 16.5. The van der Waals surface area contributed by atoms with Gasteiger partial charge in [0.05, 0.1) is 7.11 Å². The summed E-state index contributed by atoms with van der Waals surface area (Å²) in [6.07, 6.45) is 0.738. The van der Waals surface area contributed by atoms with E-state index in [2.05, 4.69) is 15.0 Å². The fraction of sp³-hybridized carbons (Fsp3) is 0.286. The Bertz CT molecular complexity index is 676. The van der Waals surface area contributed by atoms with Gasteiger partial charge >= 0.3 is 0 Å². The van der Waals surface area contributed by atoms with Gasteiger partial charge in [0.15, 0.2) is 17.3 Å².